The van der Waals surface area contributed by atoms with Crippen LogP contribution in [0, 0.1) is 24.5 Å². The average molecular weight is 1540 g/mol. The Kier molecular flexibility index (Phi) is 55.8. The van der Waals surface area contributed by atoms with Gasteiger partial charge in [0.05, 0.1) is 0 Å². The largest absolute Gasteiger partial charge is 0.653 e. The van der Waals surface area contributed by atoms with Crippen LogP contribution in [0.2, 0.25) is 0 Å². The molecule has 16 N–H and O–H groups in total. The number of hydrogen-bond acceptors (Lipinski definition) is 20. The molecule has 0 heterocycles. The number of nitrogens with one attached hydrogen (secondary N) is 6. The number of rotatable bonds is 49. The third-order valence-electron chi connectivity index (χ3n) is 12.9. The fourth-order valence-electron chi connectivity index (χ4n) is 8.21. The second-order valence-corrected chi connectivity index (χ2v) is 21.3. The van der Waals surface area contributed by atoms with Gasteiger partial charge in [-0.25, -0.2) is 28.8 Å². The maximum Gasteiger partial charge on any atom is 0.326 e. The van der Waals surface area contributed by atoms with E-state index in [1.165, 1.54) is 0 Å². The standard InChI is InChI=1S/C29H42N6O11S.C18H23N3O4S.C11H19N3O7.2Y/c1-2-21(35(17-46-18-36)14-4-12-30-16-25(39)40)15-19-6-8-20(9-7-19)32-29(47)31-13-3-5-22(26(41)42)33-28(45)34-23(27(43)44)10-11-24(37)38;1-2-16(10-15-4-6-17(7-5-15)26-12-19)21(13-25-14-22)9-3-8-20-11-18(23)24;12-5-1-2-6(9(17)18)13-11(21)14-7(10(19)20)3-4-8(15)16;;/h6-9,18,21-23H,1-5,10-17H2,(H,37,38)(H,39,40)(H,41,42)(H,43,44)(H2,31,32,47)(H2,33,34,45);4-7,14,16H,1-3,8-11,13H2,(H,23,24);6-7H,1-5,12H2,(H,15,16)(H,17,18)(H,19,20)(H2,13,14,21);;/q2*-2;;;. The summed E-state index contributed by atoms with van der Waals surface area (Å²) < 4.78 is 9.88. The zero-order chi connectivity index (χ0) is 70.8. The van der Waals surface area contributed by atoms with Crippen LogP contribution in [-0.4, -0.2) is 231 Å². The molecule has 0 fully saturated rings. The van der Waals surface area contributed by atoms with Crippen molar-refractivity contribution in [2.24, 2.45) is 5.73 Å². The molecule has 0 bridgehead atoms. The number of thioether (sulfide) groups is 1. The molecule has 2 aromatic carbocycles. The number of aliphatic carboxylic acids is 8. The maximum atomic E-state index is 12.1. The first-order chi connectivity index (χ1) is 44.7. The van der Waals surface area contributed by atoms with Gasteiger partial charge in [0.2, 0.25) is 0 Å². The molecule has 96 heavy (non-hydrogen) atoms. The van der Waals surface area contributed by atoms with Gasteiger partial charge in [0.15, 0.2) is 5.11 Å². The van der Waals surface area contributed by atoms with Crippen molar-refractivity contribution in [3.05, 3.63) is 84.1 Å². The molecule has 0 aromatic heterocycles. The number of carbonyl (C=O) groups excluding carboxylic acids is 4. The van der Waals surface area contributed by atoms with Gasteiger partial charge in [0.1, 0.15) is 43.0 Å². The minimum Gasteiger partial charge on any atom is -0.653 e. The van der Waals surface area contributed by atoms with Gasteiger partial charge in [-0.15, -0.1) is 13.1 Å². The van der Waals surface area contributed by atoms with E-state index in [0.717, 1.165) is 34.2 Å². The Bertz CT molecular complexity index is 2730. The van der Waals surface area contributed by atoms with Crippen molar-refractivity contribution in [1.29, 1.82) is 5.26 Å². The summed E-state index contributed by atoms with van der Waals surface area (Å²) in [4.78, 5) is 137. The number of nitriles is 1. The van der Waals surface area contributed by atoms with Gasteiger partial charge in [-0.1, -0.05) is 37.1 Å². The number of nitrogens with two attached hydrogens (primary N) is 1. The number of carbonyl (C=O) groups is 12. The van der Waals surface area contributed by atoms with Gasteiger partial charge >= 0.3 is 47.9 Å². The quantitative estimate of drug-likeness (QED) is 0.00861. The Labute approximate surface area is 615 Å². The fraction of sp³-hybridized carbons (Fsp3) is 0.517. The molecule has 0 saturated carbocycles. The summed E-state index contributed by atoms with van der Waals surface area (Å²) in [5.74, 6) is -9.82. The number of amides is 4. The minimum absolute atomic E-state index is 0. The topological polar surface area (TPSA) is 542 Å². The van der Waals surface area contributed by atoms with Crippen LogP contribution in [0.4, 0.5) is 15.3 Å². The molecule has 2 radical (unpaired) electrons. The number of carboxylic acids is 8. The summed E-state index contributed by atoms with van der Waals surface area (Å²) in [7, 11) is 0. The Morgan fingerprint density at radius 2 is 0.958 bits per heavy atom. The number of nitrogens with zero attached hydrogens (tertiary/aromatic N) is 5. The van der Waals surface area contributed by atoms with Crippen LogP contribution in [-0.2, 0) is 136 Å². The number of hydrogen-bond donors (Lipinski definition) is 15. The molecule has 34 nitrogen and oxygen atoms in total. The van der Waals surface area contributed by atoms with Gasteiger partial charge in [-0.05, 0) is 156 Å². The summed E-state index contributed by atoms with van der Waals surface area (Å²) in [5, 5.41) is 104. The molecule has 38 heteroatoms. The first-order valence-corrected chi connectivity index (χ1v) is 30.3. The molecule has 4 amide bonds. The SMILES string of the molecule is NCCCC(NC(=O)NC(CCC(=O)O)C(=O)O)C(=O)O.[CH2-]CC(Cc1ccc(NC(=S)NCCCC(NC(=O)NC(CCC(=O)O)C(=O)O)C(=O)O)cc1)N(CCC[N-]CC(=O)O)COC=O.[CH2-]CC(Cc1ccc(SC#N)cc1)N(CCC[N-]CC(=O)O)COC=O.[Y].[Y]. The number of urea groups is 2. The Morgan fingerprint density at radius 1 is 0.583 bits per heavy atom. The summed E-state index contributed by atoms with van der Waals surface area (Å²) in [5.41, 5.74) is 8.03. The van der Waals surface area contributed by atoms with E-state index in [1.807, 2.05) is 69.0 Å². The molecule has 0 aliphatic carbocycles. The van der Waals surface area contributed by atoms with Crippen molar-refractivity contribution in [3.63, 3.8) is 0 Å². The van der Waals surface area contributed by atoms with Gasteiger partial charge in [-0.3, -0.25) is 38.6 Å². The Hall–Kier alpha value is -6.78. The number of benzene rings is 2. The van der Waals surface area contributed by atoms with E-state index in [1.54, 1.807) is 0 Å². The van der Waals surface area contributed by atoms with E-state index >= 15 is 0 Å². The molecule has 0 aliphatic rings. The molecule has 0 aliphatic heterocycles. The molecule has 530 valence electrons. The molecule has 6 atom stereocenters. The van der Waals surface area contributed by atoms with Gasteiger partial charge in [-0.2, -0.15) is 18.1 Å². The third kappa shape index (κ3) is 47.2. The smallest absolute Gasteiger partial charge is 0.326 e. The van der Waals surface area contributed by atoms with Crippen molar-refractivity contribution < 1.29 is 173 Å². The van der Waals surface area contributed by atoms with E-state index in [2.05, 4.69) is 51.1 Å². The molecule has 0 saturated heterocycles. The number of anilines is 1. The zero-order valence-corrected chi connectivity index (χ0v) is 60.0. The molecule has 2 rings (SSSR count). The number of carboxylic acid groups (broad SMARTS) is 8. The van der Waals surface area contributed by atoms with Crippen LogP contribution in [0.1, 0.15) is 88.2 Å². The average Bonchev–Trinajstić information content (AvgIpc) is 1.11. The predicted molar refractivity (Wildman–Crippen MR) is 342 cm³/mol. The van der Waals surface area contributed by atoms with Crippen molar-refractivity contribution in [3.8, 4) is 5.40 Å². The Balaban J connectivity index is -0.00000149. The van der Waals surface area contributed by atoms with Crippen molar-refractivity contribution in [2.75, 3.05) is 71.1 Å². The number of thiocyanates is 1. The summed E-state index contributed by atoms with van der Waals surface area (Å²) in [6.45, 7) is 11.0. The molecular weight excluding hydrogens is 1460 g/mol. The van der Waals surface area contributed by atoms with Crippen LogP contribution in [0.5, 0.6) is 0 Å². The van der Waals surface area contributed by atoms with Gasteiger partial charge in [0.25, 0.3) is 24.9 Å². The first kappa shape index (κ1) is 93.4. The van der Waals surface area contributed by atoms with E-state index in [4.69, 9.17) is 68.4 Å². The fourth-order valence-corrected chi connectivity index (χ4v) is 8.80. The zero-order valence-electron chi connectivity index (χ0n) is 52.7. The van der Waals surface area contributed by atoms with Crippen molar-refractivity contribution in [1.82, 2.24) is 36.4 Å². The van der Waals surface area contributed by atoms with E-state index < -0.39 is 96.8 Å². The normalized spacial score (nSPS) is 12.2. The van der Waals surface area contributed by atoms with Crippen LogP contribution in [0.25, 0.3) is 10.6 Å². The second-order valence-electron chi connectivity index (χ2n) is 20.1. The number of thiocarbonyl (C=S) groups is 1. The summed E-state index contributed by atoms with van der Waals surface area (Å²) in [6, 6.07) is 7.77. The van der Waals surface area contributed by atoms with Crippen LogP contribution in [0.3, 0.4) is 0 Å². The monoisotopic (exact) mass is 1540 g/mol. The minimum atomic E-state index is -1.49. The van der Waals surface area contributed by atoms with E-state index in [0.29, 0.717) is 83.3 Å². The Morgan fingerprint density at radius 3 is 1.29 bits per heavy atom. The molecule has 2 aromatic rings. The molecular formula is C58H84N12O22S2Y2-4. The molecule has 0 spiro atoms. The van der Waals surface area contributed by atoms with E-state index in [9.17, 15) is 62.6 Å². The third-order valence-corrected chi connectivity index (χ3v) is 13.8. The first-order valence-electron chi connectivity index (χ1n) is 29.1. The summed E-state index contributed by atoms with van der Waals surface area (Å²) in [6.07, 6.45) is 2.91. The summed E-state index contributed by atoms with van der Waals surface area (Å²) >= 11 is 6.42. The van der Waals surface area contributed by atoms with Gasteiger partial charge in [0, 0.05) is 95.4 Å². The van der Waals surface area contributed by atoms with Crippen LogP contribution in [0.15, 0.2) is 53.4 Å². The van der Waals surface area contributed by atoms with Gasteiger partial charge < -0.3 is 112 Å². The van der Waals surface area contributed by atoms with Crippen molar-refractivity contribution in [2.45, 2.75) is 131 Å². The van der Waals surface area contributed by atoms with Crippen molar-refractivity contribution >= 4 is 108 Å². The molecule has 6 unspecified atom stereocenters. The predicted octanol–water partition coefficient (Wildman–Crippen LogP) is 2.71. The second kappa shape index (κ2) is 57.3. The van der Waals surface area contributed by atoms with Crippen LogP contribution >= 0.6 is 24.0 Å². The maximum absolute atomic E-state index is 12.1. The number of ether oxygens (including phenoxy) is 2. The van der Waals surface area contributed by atoms with E-state index in [-0.39, 0.29) is 154 Å². The van der Waals surface area contributed by atoms with Crippen LogP contribution < -0.4 is 37.6 Å².